The van der Waals surface area contributed by atoms with Crippen molar-refractivity contribution in [2.24, 2.45) is 17.3 Å². The fraction of sp³-hybridized carbons (Fsp3) is 0.846. The van der Waals surface area contributed by atoms with E-state index >= 15 is 0 Å². The molecule has 1 nitrogen and oxygen atoms in total. The molecule has 1 fully saturated rings. The quantitative estimate of drug-likeness (QED) is 0.684. The Morgan fingerprint density at radius 1 is 1.50 bits per heavy atom. The highest BCUT2D eigenvalue weighted by molar-refractivity contribution is 5.38. The topological polar surface area (TPSA) is 20.2 Å². The predicted octanol–water partition coefficient (Wildman–Crippen LogP) is 3.14. The summed E-state index contributed by atoms with van der Waals surface area (Å²) in [4.78, 5) is 0. The van der Waals surface area contributed by atoms with E-state index < -0.39 is 0 Å². The number of rotatable bonds is 3. The second kappa shape index (κ2) is 3.10. The summed E-state index contributed by atoms with van der Waals surface area (Å²) in [5, 5.41) is 10.1. The normalized spacial score (nSPS) is 35.8. The van der Waals surface area contributed by atoms with Gasteiger partial charge in [0.25, 0.3) is 0 Å². The molecule has 2 rings (SSSR count). The zero-order chi connectivity index (χ0) is 10.5. The molecule has 1 N–H and O–H groups in total. The second-order valence-corrected chi connectivity index (χ2v) is 5.65. The average molecular weight is 194 g/mol. The van der Waals surface area contributed by atoms with Gasteiger partial charge in [-0.3, -0.25) is 0 Å². The third kappa shape index (κ3) is 1.25. The van der Waals surface area contributed by atoms with Crippen molar-refractivity contribution in [3.05, 3.63) is 11.1 Å². The Bertz CT molecular complexity index is 275. The van der Waals surface area contributed by atoms with E-state index in [9.17, 15) is 5.11 Å². The van der Waals surface area contributed by atoms with Gasteiger partial charge in [0.1, 0.15) is 0 Å². The van der Waals surface area contributed by atoms with Gasteiger partial charge in [-0.1, -0.05) is 32.8 Å². The molecule has 1 saturated carbocycles. The Morgan fingerprint density at radius 2 is 2.14 bits per heavy atom. The van der Waals surface area contributed by atoms with Crippen LogP contribution in [0.3, 0.4) is 0 Å². The molecule has 2 aliphatic rings. The van der Waals surface area contributed by atoms with Crippen molar-refractivity contribution in [2.75, 3.05) is 0 Å². The number of hydrogen-bond acceptors (Lipinski definition) is 1. The van der Waals surface area contributed by atoms with Crippen molar-refractivity contribution in [3.63, 3.8) is 0 Å². The van der Waals surface area contributed by atoms with Crippen LogP contribution in [-0.2, 0) is 0 Å². The Hall–Kier alpha value is -0.300. The third-order valence-corrected chi connectivity index (χ3v) is 4.33. The summed E-state index contributed by atoms with van der Waals surface area (Å²) in [5.41, 5.74) is 3.34. The van der Waals surface area contributed by atoms with Crippen LogP contribution < -0.4 is 0 Å². The van der Waals surface area contributed by atoms with Crippen LogP contribution in [-0.4, -0.2) is 11.2 Å². The summed E-state index contributed by atoms with van der Waals surface area (Å²) in [6.45, 7) is 9.03. The monoisotopic (exact) mass is 194 g/mol. The van der Waals surface area contributed by atoms with Crippen LogP contribution in [0.25, 0.3) is 0 Å². The largest absolute Gasteiger partial charge is 0.389 e. The highest BCUT2D eigenvalue weighted by atomic mass is 16.3. The van der Waals surface area contributed by atoms with Crippen molar-refractivity contribution in [1.82, 2.24) is 0 Å². The van der Waals surface area contributed by atoms with Gasteiger partial charge in [-0.05, 0) is 42.6 Å². The molecule has 0 radical (unpaired) electrons. The zero-order valence-electron chi connectivity index (χ0n) is 9.80. The van der Waals surface area contributed by atoms with Crippen LogP contribution in [0.15, 0.2) is 11.1 Å². The first kappa shape index (κ1) is 10.2. The minimum atomic E-state index is -0.156. The summed E-state index contributed by atoms with van der Waals surface area (Å²) < 4.78 is 0. The molecule has 3 atom stereocenters. The first-order chi connectivity index (χ1) is 6.50. The van der Waals surface area contributed by atoms with Gasteiger partial charge in [-0.2, -0.15) is 0 Å². The van der Waals surface area contributed by atoms with Crippen LogP contribution in [0.4, 0.5) is 0 Å². The zero-order valence-corrected chi connectivity index (χ0v) is 9.80. The Labute approximate surface area is 87.2 Å². The minimum Gasteiger partial charge on any atom is -0.389 e. The van der Waals surface area contributed by atoms with Gasteiger partial charge in [-0.15, -0.1) is 0 Å². The molecule has 0 aromatic carbocycles. The van der Waals surface area contributed by atoms with Crippen molar-refractivity contribution >= 4 is 0 Å². The highest BCUT2D eigenvalue weighted by Gasteiger charge is 2.62. The molecule has 14 heavy (non-hydrogen) atoms. The number of aliphatic hydroxyl groups excluding tert-OH is 1. The number of aliphatic hydroxyl groups is 1. The maximum Gasteiger partial charge on any atom is 0.0755 e. The Kier molecular flexibility index (Phi) is 2.26. The first-order valence-electron chi connectivity index (χ1n) is 5.87. The van der Waals surface area contributed by atoms with Gasteiger partial charge in [0, 0.05) is 0 Å². The molecule has 2 aliphatic carbocycles. The molecule has 0 spiro atoms. The highest BCUT2D eigenvalue weighted by Crippen LogP contribution is 2.69. The summed E-state index contributed by atoms with van der Waals surface area (Å²) in [6, 6.07) is 0. The Morgan fingerprint density at radius 3 is 2.64 bits per heavy atom. The maximum absolute atomic E-state index is 10.1. The molecule has 0 aliphatic heterocycles. The fourth-order valence-electron chi connectivity index (χ4n) is 3.38. The van der Waals surface area contributed by atoms with E-state index in [2.05, 4.69) is 27.7 Å². The van der Waals surface area contributed by atoms with Gasteiger partial charge in [0.2, 0.25) is 0 Å². The molecular weight excluding hydrogens is 172 g/mol. The number of fused-ring (bicyclic) bond motifs is 1. The van der Waals surface area contributed by atoms with Gasteiger partial charge in [0.15, 0.2) is 0 Å². The maximum atomic E-state index is 10.1. The molecule has 1 heteroatoms. The van der Waals surface area contributed by atoms with E-state index in [1.807, 2.05) is 0 Å². The van der Waals surface area contributed by atoms with Crippen molar-refractivity contribution in [1.29, 1.82) is 0 Å². The Balaban J connectivity index is 2.14. The van der Waals surface area contributed by atoms with Crippen LogP contribution in [0, 0.1) is 17.3 Å². The minimum absolute atomic E-state index is 0.156. The second-order valence-electron chi connectivity index (χ2n) is 5.65. The van der Waals surface area contributed by atoms with Crippen LogP contribution in [0.1, 0.15) is 47.0 Å². The van der Waals surface area contributed by atoms with Crippen molar-refractivity contribution in [2.45, 2.75) is 53.1 Å². The molecule has 0 bridgehead atoms. The van der Waals surface area contributed by atoms with E-state index in [-0.39, 0.29) is 6.10 Å². The molecular formula is C13H22O. The molecule has 0 aromatic rings. The van der Waals surface area contributed by atoms with Gasteiger partial charge in [-0.25, -0.2) is 0 Å². The van der Waals surface area contributed by atoms with Crippen LogP contribution >= 0.6 is 0 Å². The molecule has 0 aromatic heterocycles. The van der Waals surface area contributed by atoms with Crippen molar-refractivity contribution < 1.29 is 5.11 Å². The van der Waals surface area contributed by atoms with E-state index in [4.69, 9.17) is 0 Å². The number of allylic oxidation sites excluding steroid dienone is 1. The van der Waals surface area contributed by atoms with Gasteiger partial charge in [0.05, 0.1) is 6.10 Å². The lowest BCUT2D eigenvalue weighted by Gasteiger charge is -2.18. The SMILES string of the molecule is CCC[C@@H](O)C1=C(C)C[C@H]2[C@@H]1C2(C)C. The molecule has 0 heterocycles. The predicted molar refractivity (Wildman–Crippen MR) is 59.0 cm³/mol. The number of hydrogen-bond donors (Lipinski definition) is 1. The van der Waals surface area contributed by atoms with Crippen LogP contribution in [0.5, 0.6) is 0 Å². The molecule has 80 valence electrons. The van der Waals surface area contributed by atoms with Crippen molar-refractivity contribution in [3.8, 4) is 0 Å². The summed E-state index contributed by atoms with van der Waals surface area (Å²) in [6.07, 6.45) is 3.09. The third-order valence-electron chi connectivity index (χ3n) is 4.33. The lowest BCUT2D eigenvalue weighted by Crippen LogP contribution is -2.14. The van der Waals surface area contributed by atoms with Gasteiger partial charge < -0.3 is 5.11 Å². The molecule has 0 amide bonds. The van der Waals surface area contributed by atoms with E-state index in [1.54, 1.807) is 0 Å². The van der Waals surface area contributed by atoms with Crippen LogP contribution in [0.2, 0.25) is 0 Å². The standard InChI is InChI=1S/C13H22O/c1-5-6-10(14)11-8(2)7-9-12(11)13(9,3)4/h9-10,12,14H,5-7H2,1-4H3/t9-,10+,12-/m0/s1. The molecule has 0 saturated heterocycles. The smallest absolute Gasteiger partial charge is 0.0755 e. The lowest BCUT2D eigenvalue weighted by molar-refractivity contribution is 0.190. The first-order valence-corrected chi connectivity index (χ1v) is 5.87. The summed E-state index contributed by atoms with van der Waals surface area (Å²) >= 11 is 0. The lowest BCUT2D eigenvalue weighted by atomic mass is 9.91. The summed E-state index contributed by atoms with van der Waals surface area (Å²) in [7, 11) is 0. The van der Waals surface area contributed by atoms with E-state index in [0.717, 1.165) is 18.8 Å². The fourth-order valence-corrected chi connectivity index (χ4v) is 3.38. The van der Waals surface area contributed by atoms with E-state index in [0.29, 0.717) is 11.3 Å². The van der Waals surface area contributed by atoms with E-state index in [1.165, 1.54) is 17.6 Å². The van der Waals surface area contributed by atoms with Gasteiger partial charge >= 0.3 is 0 Å². The average Bonchev–Trinajstić information content (AvgIpc) is 2.48. The molecule has 0 unspecified atom stereocenters. The summed E-state index contributed by atoms with van der Waals surface area (Å²) in [5.74, 6) is 1.54.